The SMILES string of the molecule is Cl.N[C@H](COCc1ccccc1)c1nc2ccccc2[nH]1. The molecular formula is C16H18ClN3O. The van der Waals surface area contributed by atoms with Crippen LogP contribution in [0.15, 0.2) is 54.6 Å². The molecule has 0 fully saturated rings. The summed E-state index contributed by atoms with van der Waals surface area (Å²) in [6, 6.07) is 17.7. The van der Waals surface area contributed by atoms with Crippen LogP contribution >= 0.6 is 12.4 Å². The van der Waals surface area contributed by atoms with Gasteiger partial charge in [0.05, 0.1) is 30.3 Å². The van der Waals surface area contributed by atoms with E-state index < -0.39 is 0 Å². The number of rotatable bonds is 5. The van der Waals surface area contributed by atoms with Gasteiger partial charge in [-0.15, -0.1) is 12.4 Å². The Balaban J connectivity index is 0.00000161. The fourth-order valence-electron chi connectivity index (χ4n) is 2.11. The minimum Gasteiger partial charge on any atom is -0.375 e. The van der Waals surface area contributed by atoms with E-state index in [1.807, 2.05) is 54.6 Å². The highest BCUT2D eigenvalue weighted by molar-refractivity contribution is 5.85. The number of imidazole rings is 1. The third-order valence-corrected chi connectivity index (χ3v) is 3.17. The van der Waals surface area contributed by atoms with Crippen LogP contribution in [0.5, 0.6) is 0 Å². The number of hydrogen-bond acceptors (Lipinski definition) is 3. The third-order valence-electron chi connectivity index (χ3n) is 3.17. The van der Waals surface area contributed by atoms with Crippen LogP contribution in [0.3, 0.4) is 0 Å². The molecular weight excluding hydrogens is 286 g/mol. The zero-order chi connectivity index (χ0) is 13.8. The van der Waals surface area contributed by atoms with Crippen molar-refractivity contribution in [3.8, 4) is 0 Å². The Bertz CT molecular complexity index is 651. The molecule has 2 aromatic carbocycles. The average Bonchev–Trinajstić information content (AvgIpc) is 2.92. The summed E-state index contributed by atoms with van der Waals surface area (Å²) in [5.41, 5.74) is 9.18. The number of aromatic nitrogens is 2. The molecule has 5 heteroatoms. The number of nitrogens with one attached hydrogen (secondary N) is 1. The molecule has 4 nitrogen and oxygen atoms in total. The highest BCUT2D eigenvalue weighted by Crippen LogP contribution is 2.15. The maximum Gasteiger partial charge on any atom is 0.126 e. The van der Waals surface area contributed by atoms with E-state index in [0.717, 1.165) is 22.4 Å². The van der Waals surface area contributed by atoms with Crippen LogP contribution in [-0.4, -0.2) is 16.6 Å². The molecule has 0 unspecified atom stereocenters. The molecule has 0 saturated carbocycles. The lowest BCUT2D eigenvalue weighted by molar-refractivity contribution is 0.106. The number of hydrogen-bond donors (Lipinski definition) is 2. The normalized spacial score (nSPS) is 12.0. The lowest BCUT2D eigenvalue weighted by Gasteiger charge is -2.09. The summed E-state index contributed by atoms with van der Waals surface area (Å²) in [4.78, 5) is 7.71. The molecule has 3 rings (SSSR count). The molecule has 0 bridgehead atoms. The van der Waals surface area contributed by atoms with E-state index in [-0.39, 0.29) is 18.4 Å². The summed E-state index contributed by atoms with van der Waals surface area (Å²) in [7, 11) is 0. The van der Waals surface area contributed by atoms with Crippen LogP contribution in [0.4, 0.5) is 0 Å². The molecule has 21 heavy (non-hydrogen) atoms. The van der Waals surface area contributed by atoms with Gasteiger partial charge in [0, 0.05) is 0 Å². The largest absolute Gasteiger partial charge is 0.375 e. The van der Waals surface area contributed by atoms with Crippen molar-refractivity contribution < 1.29 is 4.74 Å². The Labute approximate surface area is 129 Å². The highest BCUT2D eigenvalue weighted by Gasteiger charge is 2.11. The molecule has 1 heterocycles. The first kappa shape index (κ1) is 15.5. The number of ether oxygens (including phenoxy) is 1. The van der Waals surface area contributed by atoms with E-state index in [4.69, 9.17) is 10.5 Å². The van der Waals surface area contributed by atoms with Gasteiger partial charge in [0.25, 0.3) is 0 Å². The Morgan fingerprint density at radius 3 is 2.52 bits per heavy atom. The number of para-hydroxylation sites is 2. The number of aromatic amines is 1. The maximum atomic E-state index is 6.10. The minimum absolute atomic E-state index is 0. The minimum atomic E-state index is -0.244. The molecule has 0 radical (unpaired) electrons. The fourth-order valence-corrected chi connectivity index (χ4v) is 2.11. The Hall–Kier alpha value is -1.88. The maximum absolute atomic E-state index is 6.10. The molecule has 0 aliphatic heterocycles. The number of fused-ring (bicyclic) bond motifs is 1. The van der Waals surface area contributed by atoms with Gasteiger partial charge in [0.1, 0.15) is 5.82 Å². The number of H-pyrrole nitrogens is 1. The van der Waals surface area contributed by atoms with Gasteiger partial charge in [0.15, 0.2) is 0 Å². The second-order valence-electron chi connectivity index (χ2n) is 4.75. The zero-order valence-corrected chi connectivity index (χ0v) is 12.3. The van der Waals surface area contributed by atoms with Gasteiger partial charge >= 0.3 is 0 Å². The Kier molecular flexibility index (Phi) is 5.33. The first-order chi connectivity index (χ1) is 9.83. The van der Waals surface area contributed by atoms with Gasteiger partial charge in [-0.3, -0.25) is 0 Å². The van der Waals surface area contributed by atoms with E-state index in [1.165, 1.54) is 0 Å². The van der Waals surface area contributed by atoms with Crippen LogP contribution in [0.25, 0.3) is 11.0 Å². The predicted octanol–water partition coefficient (Wildman–Crippen LogP) is 3.20. The van der Waals surface area contributed by atoms with E-state index in [0.29, 0.717) is 13.2 Å². The van der Waals surface area contributed by atoms with Crippen LogP contribution in [0.2, 0.25) is 0 Å². The van der Waals surface area contributed by atoms with Crippen molar-refractivity contribution >= 4 is 23.4 Å². The summed E-state index contributed by atoms with van der Waals surface area (Å²) >= 11 is 0. The predicted molar refractivity (Wildman–Crippen MR) is 86.4 cm³/mol. The van der Waals surface area contributed by atoms with Crippen molar-refractivity contribution in [3.63, 3.8) is 0 Å². The molecule has 0 spiro atoms. The van der Waals surface area contributed by atoms with Crippen molar-refractivity contribution in [1.82, 2.24) is 9.97 Å². The Morgan fingerprint density at radius 1 is 1.05 bits per heavy atom. The third kappa shape index (κ3) is 3.82. The average molecular weight is 304 g/mol. The monoisotopic (exact) mass is 303 g/mol. The molecule has 0 aliphatic rings. The van der Waals surface area contributed by atoms with Gasteiger partial charge in [-0.05, 0) is 17.7 Å². The van der Waals surface area contributed by atoms with E-state index in [2.05, 4.69) is 9.97 Å². The van der Waals surface area contributed by atoms with E-state index >= 15 is 0 Å². The lowest BCUT2D eigenvalue weighted by atomic mass is 10.2. The lowest BCUT2D eigenvalue weighted by Crippen LogP contribution is -2.18. The topological polar surface area (TPSA) is 63.9 Å². The second kappa shape index (κ2) is 7.22. The summed E-state index contributed by atoms with van der Waals surface area (Å²) < 4.78 is 5.65. The smallest absolute Gasteiger partial charge is 0.126 e. The van der Waals surface area contributed by atoms with Gasteiger partial charge in [0.2, 0.25) is 0 Å². The first-order valence-electron chi connectivity index (χ1n) is 6.65. The van der Waals surface area contributed by atoms with Crippen molar-refractivity contribution in [2.24, 2.45) is 5.73 Å². The van der Waals surface area contributed by atoms with Crippen LogP contribution in [0.1, 0.15) is 17.4 Å². The fraction of sp³-hybridized carbons (Fsp3) is 0.188. The van der Waals surface area contributed by atoms with Gasteiger partial charge in [-0.2, -0.15) is 0 Å². The quantitative estimate of drug-likeness (QED) is 0.761. The molecule has 0 saturated heterocycles. The molecule has 0 amide bonds. The van der Waals surface area contributed by atoms with Gasteiger partial charge < -0.3 is 15.5 Å². The summed E-state index contributed by atoms with van der Waals surface area (Å²) in [6.07, 6.45) is 0. The number of halogens is 1. The molecule has 0 aliphatic carbocycles. The molecule has 1 aromatic heterocycles. The molecule has 3 N–H and O–H groups in total. The van der Waals surface area contributed by atoms with E-state index in [1.54, 1.807) is 0 Å². The van der Waals surface area contributed by atoms with Gasteiger partial charge in [-0.1, -0.05) is 42.5 Å². The van der Waals surface area contributed by atoms with Crippen molar-refractivity contribution in [3.05, 3.63) is 66.0 Å². The van der Waals surface area contributed by atoms with Crippen molar-refractivity contribution in [2.45, 2.75) is 12.6 Å². The summed E-state index contributed by atoms with van der Waals surface area (Å²) in [5.74, 6) is 0.763. The number of benzene rings is 2. The van der Waals surface area contributed by atoms with Crippen molar-refractivity contribution in [2.75, 3.05) is 6.61 Å². The molecule has 1 atom stereocenters. The van der Waals surface area contributed by atoms with Crippen LogP contribution in [0, 0.1) is 0 Å². The molecule has 110 valence electrons. The number of nitrogens with two attached hydrogens (primary N) is 1. The zero-order valence-electron chi connectivity index (χ0n) is 11.5. The van der Waals surface area contributed by atoms with Crippen LogP contribution < -0.4 is 5.73 Å². The summed E-state index contributed by atoms with van der Waals surface area (Å²) in [6.45, 7) is 1.00. The van der Waals surface area contributed by atoms with Crippen molar-refractivity contribution in [1.29, 1.82) is 0 Å². The van der Waals surface area contributed by atoms with Crippen LogP contribution in [-0.2, 0) is 11.3 Å². The second-order valence-corrected chi connectivity index (χ2v) is 4.75. The first-order valence-corrected chi connectivity index (χ1v) is 6.65. The number of nitrogens with zero attached hydrogens (tertiary/aromatic N) is 1. The van der Waals surface area contributed by atoms with E-state index in [9.17, 15) is 0 Å². The Morgan fingerprint density at radius 2 is 1.76 bits per heavy atom. The highest BCUT2D eigenvalue weighted by atomic mass is 35.5. The van der Waals surface area contributed by atoms with Gasteiger partial charge in [-0.25, -0.2) is 4.98 Å². The molecule has 3 aromatic rings. The summed E-state index contributed by atoms with van der Waals surface area (Å²) in [5, 5.41) is 0. The standard InChI is InChI=1S/C16H17N3O.ClH/c17-13(11-20-10-12-6-2-1-3-7-12)16-18-14-8-4-5-9-15(14)19-16;/h1-9,13H,10-11,17H2,(H,18,19);1H/t13-;/m1./s1.